The minimum Gasteiger partial charge on any atom is -0.455 e. The van der Waals surface area contributed by atoms with Gasteiger partial charge in [-0.3, -0.25) is 14.4 Å². The second-order valence-corrected chi connectivity index (χ2v) is 10.9. The maximum atomic E-state index is 13.5. The van der Waals surface area contributed by atoms with Gasteiger partial charge in [0.1, 0.15) is 11.9 Å². The molecule has 3 atom stereocenters. The minimum atomic E-state index is -0.772. The molecule has 45 heavy (non-hydrogen) atoms. The Bertz CT molecular complexity index is 1360. The van der Waals surface area contributed by atoms with E-state index in [4.69, 9.17) is 4.74 Å². The Morgan fingerprint density at radius 3 is 2.18 bits per heavy atom. The van der Waals surface area contributed by atoms with E-state index in [2.05, 4.69) is 18.5 Å². The van der Waals surface area contributed by atoms with Gasteiger partial charge in [-0.1, -0.05) is 84.9 Å². The molecule has 2 amide bonds. The van der Waals surface area contributed by atoms with Crippen molar-refractivity contribution in [1.82, 2.24) is 10.2 Å². The van der Waals surface area contributed by atoms with Crippen molar-refractivity contribution in [2.75, 3.05) is 19.7 Å². The minimum absolute atomic E-state index is 0.00547. The second kappa shape index (κ2) is 19.0. The van der Waals surface area contributed by atoms with Crippen LogP contribution in [0.5, 0.6) is 0 Å². The Morgan fingerprint density at radius 1 is 0.889 bits per heavy atom. The third-order valence-corrected chi connectivity index (χ3v) is 7.52. The fourth-order valence-electron chi connectivity index (χ4n) is 5.04. The van der Waals surface area contributed by atoms with Crippen molar-refractivity contribution in [2.45, 2.75) is 44.8 Å². The molecule has 3 aromatic rings. The van der Waals surface area contributed by atoms with Gasteiger partial charge in [-0.05, 0) is 54.5 Å². The highest BCUT2D eigenvalue weighted by molar-refractivity contribution is 5.86. The first-order valence-electron chi connectivity index (χ1n) is 15.3. The molecule has 0 fully saturated rings. The standard InChI is InChI=1S/C37H43FN2O5/c1-3-5-15-32(24-28-18-20-33(38)21-19-28)37(44)45-34(30-16-10-7-11-17-30)26-39-36(43)31(12-4-2)25-35(42)40(22-23-41)27-29-13-8-6-9-14-29/h3-4,6-11,13-14,16-21,31-32,34,41H,1-2,5,12,15,22-27H2,(H,39,43)/t31-,32+,34+/m0/s1. The smallest absolute Gasteiger partial charge is 0.309 e. The van der Waals surface area contributed by atoms with Crippen molar-refractivity contribution in [2.24, 2.45) is 11.8 Å². The molecule has 3 rings (SSSR count). The average Bonchev–Trinajstić information content (AvgIpc) is 3.06. The SMILES string of the molecule is C=CCC[C@H](Cc1ccc(F)cc1)C(=O)O[C@H](CNC(=O)[C@@H](CC=C)CC(=O)N(CCO)Cc1ccccc1)c1ccccc1. The molecular formula is C37H43FN2O5. The molecule has 0 saturated heterocycles. The van der Waals surface area contributed by atoms with E-state index in [1.807, 2.05) is 60.7 Å². The molecule has 7 nitrogen and oxygen atoms in total. The topological polar surface area (TPSA) is 95.9 Å². The predicted octanol–water partition coefficient (Wildman–Crippen LogP) is 5.95. The number of hydrogen-bond donors (Lipinski definition) is 2. The lowest BCUT2D eigenvalue weighted by Crippen LogP contribution is -2.39. The molecule has 0 unspecified atom stereocenters. The summed E-state index contributed by atoms with van der Waals surface area (Å²) in [6, 6.07) is 24.6. The molecular weight excluding hydrogens is 571 g/mol. The second-order valence-electron chi connectivity index (χ2n) is 10.9. The summed E-state index contributed by atoms with van der Waals surface area (Å²) in [6.07, 6.45) is 4.24. The van der Waals surface area contributed by atoms with Gasteiger partial charge in [0.25, 0.3) is 0 Å². The predicted molar refractivity (Wildman–Crippen MR) is 173 cm³/mol. The number of aliphatic hydroxyl groups is 1. The van der Waals surface area contributed by atoms with Gasteiger partial charge in [-0.2, -0.15) is 0 Å². The van der Waals surface area contributed by atoms with Crippen molar-refractivity contribution in [3.63, 3.8) is 0 Å². The Labute approximate surface area is 265 Å². The van der Waals surface area contributed by atoms with Crippen molar-refractivity contribution in [1.29, 1.82) is 0 Å². The van der Waals surface area contributed by atoms with Crippen LogP contribution in [0.25, 0.3) is 0 Å². The molecule has 0 spiro atoms. The van der Waals surface area contributed by atoms with Crippen molar-refractivity contribution in [3.8, 4) is 0 Å². The number of carbonyl (C=O) groups excluding carboxylic acids is 3. The van der Waals surface area contributed by atoms with Crippen LogP contribution in [0.4, 0.5) is 4.39 Å². The molecule has 0 aromatic heterocycles. The number of hydrogen-bond acceptors (Lipinski definition) is 5. The van der Waals surface area contributed by atoms with Crippen LogP contribution in [0.15, 0.2) is 110 Å². The van der Waals surface area contributed by atoms with Gasteiger partial charge in [0, 0.05) is 19.5 Å². The molecule has 0 bridgehead atoms. The van der Waals surface area contributed by atoms with Gasteiger partial charge in [0.05, 0.1) is 25.0 Å². The van der Waals surface area contributed by atoms with Crippen LogP contribution >= 0.6 is 0 Å². The number of halogens is 1. The third-order valence-electron chi connectivity index (χ3n) is 7.52. The van der Waals surface area contributed by atoms with Crippen molar-refractivity contribution >= 4 is 17.8 Å². The number of amides is 2. The monoisotopic (exact) mass is 614 g/mol. The largest absolute Gasteiger partial charge is 0.455 e. The van der Waals surface area contributed by atoms with E-state index in [1.54, 1.807) is 24.3 Å². The number of nitrogens with zero attached hydrogens (tertiary/aromatic N) is 1. The summed E-state index contributed by atoms with van der Waals surface area (Å²) >= 11 is 0. The molecule has 0 aliphatic heterocycles. The molecule has 2 N–H and O–H groups in total. The van der Waals surface area contributed by atoms with Crippen LogP contribution in [0.2, 0.25) is 0 Å². The van der Waals surface area contributed by atoms with E-state index >= 15 is 0 Å². The number of nitrogens with one attached hydrogen (secondary N) is 1. The van der Waals surface area contributed by atoms with Gasteiger partial charge in [-0.15, -0.1) is 13.2 Å². The maximum absolute atomic E-state index is 13.5. The average molecular weight is 615 g/mol. The number of allylic oxidation sites excluding steroid dienone is 2. The molecule has 0 heterocycles. The Morgan fingerprint density at radius 2 is 1.56 bits per heavy atom. The van der Waals surface area contributed by atoms with Crippen LogP contribution < -0.4 is 5.32 Å². The van der Waals surface area contributed by atoms with E-state index in [1.165, 1.54) is 17.0 Å². The lowest BCUT2D eigenvalue weighted by Gasteiger charge is -2.25. The quantitative estimate of drug-likeness (QED) is 0.128. The molecule has 238 valence electrons. The van der Waals surface area contributed by atoms with E-state index in [0.29, 0.717) is 31.4 Å². The number of benzene rings is 3. The summed E-state index contributed by atoms with van der Waals surface area (Å²) in [4.78, 5) is 41.7. The number of aliphatic hydroxyl groups excluding tert-OH is 1. The summed E-state index contributed by atoms with van der Waals surface area (Å²) in [5, 5.41) is 12.5. The fourth-order valence-corrected chi connectivity index (χ4v) is 5.04. The Hall–Kier alpha value is -4.56. The zero-order chi connectivity index (χ0) is 32.4. The summed E-state index contributed by atoms with van der Waals surface area (Å²) < 4.78 is 19.5. The van der Waals surface area contributed by atoms with Crippen molar-refractivity contribution in [3.05, 3.63) is 133 Å². The van der Waals surface area contributed by atoms with Crippen LogP contribution in [0.3, 0.4) is 0 Å². The highest BCUT2D eigenvalue weighted by atomic mass is 19.1. The Balaban J connectivity index is 1.71. The number of esters is 1. The summed E-state index contributed by atoms with van der Waals surface area (Å²) in [5.74, 6) is -2.59. The highest BCUT2D eigenvalue weighted by Gasteiger charge is 2.28. The molecule has 3 aromatic carbocycles. The van der Waals surface area contributed by atoms with E-state index in [9.17, 15) is 23.9 Å². The van der Waals surface area contributed by atoms with Crippen molar-refractivity contribution < 1.29 is 28.6 Å². The lowest BCUT2D eigenvalue weighted by atomic mass is 9.94. The summed E-state index contributed by atoms with van der Waals surface area (Å²) in [6.45, 7) is 7.80. The zero-order valence-corrected chi connectivity index (χ0v) is 25.7. The maximum Gasteiger partial charge on any atom is 0.309 e. The number of rotatable bonds is 19. The van der Waals surface area contributed by atoms with E-state index in [0.717, 1.165) is 11.1 Å². The first-order valence-corrected chi connectivity index (χ1v) is 15.3. The van der Waals surface area contributed by atoms with Crippen LogP contribution in [-0.4, -0.2) is 47.5 Å². The molecule has 0 aliphatic carbocycles. The number of carbonyl (C=O) groups is 3. The number of ether oxygens (including phenoxy) is 1. The van der Waals surface area contributed by atoms with E-state index in [-0.39, 0.29) is 50.2 Å². The summed E-state index contributed by atoms with van der Waals surface area (Å²) in [7, 11) is 0. The molecule has 0 aliphatic rings. The van der Waals surface area contributed by atoms with Crippen LogP contribution in [-0.2, 0) is 32.1 Å². The first kappa shape index (κ1) is 34.9. The molecule has 0 saturated carbocycles. The van der Waals surface area contributed by atoms with Crippen LogP contribution in [0, 0.1) is 17.7 Å². The zero-order valence-electron chi connectivity index (χ0n) is 25.7. The van der Waals surface area contributed by atoms with Gasteiger partial charge in [-0.25, -0.2) is 4.39 Å². The third kappa shape index (κ3) is 11.8. The highest BCUT2D eigenvalue weighted by Crippen LogP contribution is 2.23. The fraction of sp³-hybridized carbons (Fsp3) is 0.324. The first-order chi connectivity index (χ1) is 21.8. The lowest BCUT2D eigenvalue weighted by molar-refractivity contribution is -0.155. The Kier molecular flexibility index (Phi) is 14.7. The normalized spacial score (nSPS) is 12.8. The summed E-state index contributed by atoms with van der Waals surface area (Å²) in [5.41, 5.74) is 2.44. The van der Waals surface area contributed by atoms with Gasteiger partial charge >= 0.3 is 5.97 Å². The van der Waals surface area contributed by atoms with E-state index < -0.39 is 23.9 Å². The van der Waals surface area contributed by atoms with Gasteiger partial charge in [0.15, 0.2) is 0 Å². The molecule has 8 heteroatoms. The molecule has 0 radical (unpaired) electrons. The van der Waals surface area contributed by atoms with Gasteiger partial charge < -0.3 is 20.1 Å². The van der Waals surface area contributed by atoms with Gasteiger partial charge in [0.2, 0.25) is 11.8 Å². The van der Waals surface area contributed by atoms with Crippen LogP contribution in [0.1, 0.15) is 48.5 Å².